The number of aromatic amines is 1. The summed E-state index contributed by atoms with van der Waals surface area (Å²) in [6.45, 7) is 4.61. The third-order valence-corrected chi connectivity index (χ3v) is 5.84. The van der Waals surface area contributed by atoms with E-state index in [4.69, 9.17) is 4.74 Å². The van der Waals surface area contributed by atoms with E-state index in [1.807, 2.05) is 13.3 Å². The second-order valence-corrected chi connectivity index (χ2v) is 6.43. The number of rotatable bonds is 5. The molecule has 0 radical (unpaired) electrons. The summed E-state index contributed by atoms with van der Waals surface area (Å²) >= 11 is 0. The van der Waals surface area contributed by atoms with Crippen LogP contribution in [0.25, 0.3) is 0 Å². The molecule has 0 bridgehead atoms. The van der Waals surface area contributed by atoms with Crippen LogP contribution in [0.15, 0.2) is 6.20 Å². The first-order valence-electron chi connectivity index (χ1n) is 8.03. The molecule has 1 fully saturated rings. The summed E-state index contributed by atoms with van der Waals surface area (Å²) in [5.41, 5.74) is 3.07. The number of aryl methyl sites for hydroxylation is 1. The number of aromatic nitrogens is 2. The molecule has 20 heavy (non-hydrogen) atoms. The molecule has 2 N–H and O–H groups in total. The molecule has 4 heteroatoms. The first-order chi connectivity index (χ1) is 9.73. The first-order valence-corrected chi connectivity index (χ1v) is 8.03. The van der Waals surface area contributed by atoms with Crippen LogP contribution in [0.2, 0.25) is 0 Å². The van der Waals surface area contributed by atoms with Crippen molar-refractivity contribution in [3.63, 3.8) is 0 Å². The summed E-state index contributed by atoms with van der Waals surface area (Å²) in [6.07, 6.45) is 9.44. The lowest BCUT2D eigenvalue weighted by Gasteiger charge is -2.56. The highest BCUT2D eigenvalue weighted by Gasteiger charge is 2.53. The van der Waals surface area contributed by atoms with E-state index in [0.29, 0.717) is 23.6 Å². The van der Waals surface area contributed by atoms with Crippen molar-refractivity contribution >= 4 is 0 Å². The van der Waals surface area contributed by atoms with Crippen LogP contribution in [0.1, 0.15) is 50.8 Å². The van der Waals surface area contributed by atoms with E-state index in [9.17, 15) is 0 Å². The number of nitrogens with one attached hydrogen (secondary N) is 2. The van der Waals surface area contributed by atoms with Crippen molar-refractivity contribution in [3.8, 4) is 0 Å². The van der Waals surface area contributed by atoms with Crippen LogP contribution >= 0.6 is 0 Å². The number of fused-ring (bicyclic) bond motifs is 1. The van der Waals surface area contributed by atoms with Crippen molar-refractivity contribution in [1.29, 1.82) is 0 Å². The molecular formula is C16H27N3O. The normalized spacial score (nSPS) is 31.6. The molecule has 1 aromatic heterocycles. The zero-order valence-corrected chi connectivity index (χ0v) is 12.9. The molecule has 0 saturated heterocycles. The second-order valence-electron chi connectivity index (χ2n) is 6.43. The van der Waals surface area contributed by atoms with Crippen molar-refractivity contribution in [2.75, 3.05) is 7.11 Å². The fraction of sp³-hybridized carbons (Fsp3) is 0.812. The molecule has 3 rings (SSSR count). The maximum Gasteiger partial charge on any atom is 0.0657 e. The average Bonchev–Trinajstić information content (AvgIpc) is 2.92. The van der Waals surface area contributed by atoms with Gasteiger partial charge in [-0.15, -0.1) is 0 Å². The summed E-state index contributed by atoms with van der Waals surface area (Å²) in [4.78, 5) is 0. The minimum absolute atomic E-state index is 0.339. The van der Waals surface area contributed by atoms with Gasteiger partial charge in [0.2, 0.25) is 0 Å². The van der Waals surface area contributed by atoms with Gasteiger partial charge in [0.1, 0.15) is 0 Å². The minimum atomic E-state index is 0.339. The number of ether oxygens (including phenoxy) is 1. The number of hydrogen-bond acceptors (Lipinski definition) is 3. The van der Waals surface area contributed by atoms with Gasteiger partial charge in [0.15, 0.2) is 0 Å². The quantitative estimate of drug-likeness (QED) is 0.869. The maximum absolute atomic E-state index is 5.69. The third-order valence-electron chi connectivity index (χ3n) is 5.84. The lowest BCUT2D eigenvalue weighted by atomic mass is 9.58. The largest absolute Gasteiger partial charge is 0.381 e. The highest BCUT2D eigenvalue weighted by atomic mass is 16.5. The van der Waals surface area contributed by atoms with Crippen molar-refractivity contribution in [1.82, 2.24) is 15.5 Å². The van der Waals surface area contributed by atoms with Crippen LogP contribution in [0.5, 0.6) is 0 Å². The van der Waals surface area contributed by atoms with E-state index in [0.717, 1.165) is 19.3 Å². The molecular weight excluding hydrogens is 250 g/mol. The molecule has 2 aliphatic rings. The molecule has 0 amide bonds. The van der Waals surface area contributed by atoms with Gasteiger partial charge < -0.3 is 10.1 Å². The van der Waals surface area contributed by atoms with Gasteiger partial charge in [-0.2, -0.15) is 5.10 Å². The molecule has 1 aromatic rings. The predicted octanol–water partition coefficient (Wildman–Crippen LogP) is 2.45. The van der Waals surface area contributed by atoms with E-state index >= 15 is 0 Å². The summed E-state index contributed by atoms with van der Waals surface area (Å²) < 4.78 is 5.69. The Morgan fingerprint density at radius 3 is 2.95 bits per heavy atom. The number of nitrogens with zero attached hydrogens (tertiary/aromatic N) is 1. The van der Waals surface area contributed by atoms with Gasteiger partial charge in [-0.3, -0.25) is 5.10 Å². The van der Waals surface area contributed by atoms with E-state index in [-0.39, 0.29) is 0 Å². The van der Waals surface area contributed by atoms with Gasteiger partial charge in [0.05, 0.1) is 12.3 Å². The zero-order chi connectivity index (χ0) is 14.2. The monoisotopic (exact) mass is 277 g/mol. The van der Waals surface area contributed by atoms with E-state index in [2.05, 4.69) is 29.4 Å². The minimum Gasteiger partial charge on any atom is -0.381 e. The fourth-order valence-corrected chi connectivity index (χ4v) is 4.35. The summed E-state index contributed by atoms with van der Waals surface area (Å²) in [7, 11) is 1.86. The van der Waals surface area contributed by atoms with Crippen molar-refractivity contribution in [3.05, 3.63) is 17.5 Å². The molecule has 1 heterocycles. The third kappa shape index (κ3) is 2.09. The fourth-order valence-electron chi connectivity index (χ4n) is 4.35. The van der Waals surface area contributed by atoms with Crippen LogP contribution in [0.3, 0.4) is 0 Å². The number of H-pyrrole nitrogens is 1. The van der Waals surface area contributed by atoms with Crippen LogP contribution in [-0.4, -0.2) is 35.5 Å². The standard InChI is InChI=1S/C16H27N3O/c1-4-16(5-2)14(9-15(16)20-3)18-12-6-7-13-11(8-12)10-17-19-13/h10,12,14-15,18H,4-9H2,1-3H3,(H,17,19). The Hall–Kier alpha value is -0.870. The molecule has 0 spiro atoms. The summed E-state index contributed by atoms with van der Waals surface area (Å²) in [5.74, 6) is 0. The van der Waals surface area contributed by atoms with Crippen LogP contribution in [-0.2, 0) is 17.6 Å². The lowest BCUT2D eigenvalue weighted by molar-refractivity contribution is -0.126. The Kier molecular flexibility index (Phi) is 3.87. The smallest absolute Gasteiger partial charge is 0.0657 e. The van der Waals surface area contributed by atoms with Crippen LogP contribution in [0, 0.1) is 5.41 Å². The average molecular weight is 277 g/mol. The Balaban J connectivity index is 1.64. The Labute approximate surface area is 121 Å². The van der Waals surface area contributed by atoms with Gasteiger partial charge in [0, 0.05) is 30.3 Å². The molecule has 3 unspecified atom stereocenters. The zero-order valence-electron chi connectivity index (χ0n) is 12.9. The van der Waals surface area contributed by atoms with Gasteiger partial charge in [0.25, 0.3) is 0 Å². The Bertz CT molecular complexity index is 452. The first kappa shape index (κ1) is 14.1. The van der Waals surface area contributed by atoms with E-state index in [1.165, 1.54) is 30.5 Å². The van der Waals surface area contributed by atoms with E-state index in [1.54, 1.807) is 0 Å². The van der Waals surface area contributed by atoms with Gasteiger partial charge in [-0.25, -0.2) is 0 Å². The maximum atomic E-state index is 5.69. The highest BCUT2D eigenvalue weighted by molar-refractivity contribution is 5.21. The summed E-state index contributed by atoms with van der Waals surface area (Å²) in [6, 6.07) is 1.21. The number of methoxy groups -OCH3 is 1. The SMILES string of the molecule is CCC1(CC)C(NC2CCc3[nH]ncc3C2)CC1OC. The second kappa shape index (κ2) is 5.49. The summed E-state index contributed by atoms with van der Waals surface area (Å²) in [5, 5.41) is 11.2. The van der Waals surface area contributed by atoms with E-state index < -0.39 is 0 Å². The number of hydrogen-bond donors (Lipinski definition) is 2. The molecule has 112 valence electrons. The predicted molar refractivity (Wildman–Crippen MR) is 79.8 cm³/mol. The van der Waals surface area contributed by atoms with Gasteiger partial charge >= 0.3 is 0 Å². The molecule has 1 saturated carbocycles. The van der Waals surface area contributed by atoms with Crippen LogP contribution < -0.4 is 5.32 Å². The van der Waals surface area contributed by atoms with Gasteiger partial charge in [-0.05, 0) is 44.1 Å². The highest BCUT2D eigenvalue weighted by Crippen LogP contribution is 2.49. The van der Waals surface area contributed by atoms with Crippen molar-refractivity contribution < 1.29 is 4.74 Å². The Morgan fingerprint density at radius 1 is 1.45 bits per heavy atom. The molecule has 2 aliphatic carbocycles. The van der Waals surface area contributed by atoms with Gasteiger partial charge in [-0.1, -0.05) is 13.8 Å². The molecule has 0 aliphatic heterocycles. The van der Waals surface area contributed by atoms with Crippen molar-refractivity contribution in [2.45, 2.75) is 70.6 Å². The lowest BCUT2D eigenvalue weighted by Crippen LogP contribution is -2.65. The Morgan fingerprint density at radius 2 is 2.25 bits per heavy atom. The van der Waals surface area contributed by atoms with Crippen LogP contribution in [0.4, 0.5) is 0 Å². The molecule has 4 nitrogen and oxygen atoms in total. The molecule has 3 atom stereocenters. The van der Waals surface area contributed by atoms with Crippen molar-refractivity contribution in [2.24, 2.45) is 5.41 Å². The topological polar surface area (TPSA) is 49.9 Å². The molecule has 0 aromatic carbocycles.